The van der Waals surface area contributed by atoms with E-state index in [1.807, 2.05) is 12.1 Å². The number of carbonyl (C=O) groups excluding carboxylic acids is 2. The van der Waals surface area contributed by atoms with Crippen LogP contribution >= 0.6 is 0 Å². The van der Waals surface area contributed by atoms with Gasteiger partial charge in [-0.3, -0.25) is 9.59 Å². The zero-order valence-corrected chi connectivity index (χ0v) is 17.3. The number of aromatic nitrogens is 1. The lowest BCUT2D eigenvalue weighted by Gasteiger charge is -2.36. The number of nitrogens with zero attached hydrogens (tertiary/aromatic N) is 2. The highest BCUT2D eigenvalue weighted by Gasteiger charge is 2.22. The zero-order valence-electron chi connectivity index (χ0n) is 17.3. The van der Waals surface area contributed by atoms with Gasteiger partial charge < -0.3 is 25.4 Å². The van der Waals surface area contributed by atoms with Crippen LogP contribution in [0.3, 0.4) is 0 Å². The Labute approximate surface area is 176 Å². The van der Waals surface area contributed by atoms with Gasteiger partial charge in [-0.05, 0) is 43.2 Å². The van der Waals surface area contributed by atoms with E-state index in [-0.39, 0.29) is 37.0 Å². The average molecular weight is 412 g/mol. The summed E-state index contributed by atoms with van der Waals surface area (Å²) in [4.78, 5) is 29.7. The first-order valence-corrected chi connectivity index (χ1v) is 10.0. The van der Waals surface area contributed by atoms with Crippen LogP contribution in [0.2, 0.25) is 0 Å². The van der Waals surface area contributed by atoms with Crippen LogP contribution in [0.4, 0.5) is 5.82 Å². The molecule has 1 saturated heterocycles. The summed E-state index contributed by atoms with van der Waals surface area (Å²) in [6.07, 6.45) is 2.30. The highest BCUT2D eigenvalue weighted by Crippen LogP contribution is 2.18. The largest absolute Gasteiger partial charge is 0.484 e. The standard InChI is InChI=1S/C22H28N4O4/c1-15-12-26(13-16(2)30-15)21-8-5-18(10-24-21)11-25-22(28)14-29-19-6-3-17(4-7-19)9-20(23)27/h3-8,10,15-16H,9,11-14H2,1-2H3,(H2,23,27)(H,25,28). The predicted octanol–water partition coefficient (Wildman–Crippen LogP) is 1.42. The molecule has 8 heteroatoms. The van der Waals surface area contributed by atoms with Gasteiger partial charge in [0.1, 0.15) is 11.6 Å². The minimum atomic E-state index is -0.389. The third kappa shape index (κ3) is 6.45. The Hall–Kier alpha value is -3.13. The van der Waals surface area contributed by atoms with Crippen molar-refractivity contribution in [2.24, 2.45) is 5.73 Å². The van der Waals surface area contributed by atoms with Gasteiger partial charge in [-0.2, -0.15) is 0 Å². The lowest BCUT2D eigenvalue weighted by Crippen LogP contribution is -2.45. The molecule has 2 atom stereocenters. The van der Waals surface area contributed by atoms with Gasteiger partial charge in [0.05, 0.1) is 18.6 Å². The van der Waals surface area contributed by atoms with Crippen LogP contribution in [0, 0.1) is 0 Å². The first-order valence-electron chi connectivity index (χ1n) is 10.0. The van der Waals surface area contributed by atoms with Gasteiger partial charge in [0.25, 0.3) is 5.91 Å². The molecule has 1 aromatic heterocycles. The Balaban J connectivity index is 1.43. The van der Waals surface area contributed by atoms with Crippen molar-refractivity contribution in [3.63, 3.8) is 0 Å². The normalized spacial score (nSPS) is 18.7. The molecule has 2 heterocycles. The van der Waals surface area contributed by atoms with Gasteiger partial charge in [-0.15, -0.1) is 0 Å². The third-order valence-corrected chi connectivity index (χ3v) is 4.71. The first kappa shape index (κ1) is 21.6. The molecule has 1 fully saturated rings. The predicted molar refractivity (Wildman–Crippen MR) is 113 cm³/mol. The number of amides is 2. The molecule has 3 rings (SSSR count). The molecule has 1 aliphatic rings. The van der Waals surface area contributed by atoms with Gasteiger partial charge in [-0.1, -0.05) is 18.2 Å². The highest BCUT2D eigenvalue weighted by atomic mass is 16.5. The molecule has 8 nitrogen and oxygen atoms in total. The first-order chi connectivity index (χ1) is 14.4. The van der Waals surface area contributed by atoms with Crippen molar-refractivity contribution in [3.8, 4) is 5.75 Å². The molecule has 0 aliphatic carbocycles. The minimum Gasteiger partial charge on any atom is -0.484 e. The van der Waals surface area contributed by atoms with E-state index >= 15 is 0 Å². The fourth-order valence-electron chi connectivity index (χ4n) is 3.38. The maximum Gasteiger partial charge on any atom is 0.258 e. The van der Waals surface area contributed by atoms with Crippen molar-refractivity contribution >= 4 is 17.6 Å². The van der Waals surface area contributed by atoms with Crippen LogP contribution < -0.4 is 20.7 Å². The molecule has 2 amide bonds. The number of primary amides is 1. The summed E-state index contributed by atoms with van der Waals surface area (Å²) >= 11 is 0. The van der Waals surface area contributed by atoms with Gasteiger partial charge in [0.2, 0.25) is 5.91 Å². The average Bonchev–Trinajstić information content (AvgIpc) is 2.71. The maximum absolute atomic E-state index is 12.0. The van der Waals surface area contributed by atoms with Crippen molar-refractivity contribution in [1.29, 1.82) is 0 Å². The van der Waals surface area contributed by atoms with Crippen LogP contribution in [0.15, 0.2) is 42.6 Å². The van der Waals surface area contributed by atoms with Gasteiger partial charge in [0.15, 0.2) is 6.61 Å². The van der Waals surface area contributed by atoms with E-state index in [0.717, 1.165) is 30.0 Å². The van der Waals surface area contributed by atoms with E-state index in [9.17, 15) is 9.59 Å². The molecule has 3 N–H and O–H groups in total. The number of hydrogen-bond acceptors (Lipinski definition) is 6. The Bertz CT molecular complexity index is 844. The van der Waals surface area contributed by atoms with Crippen LogP contribution in [-0.4, -0.2) is 48.7 Å². The van der Waals surface area contributed by atoms with E-state index in [2.05, 4.69) is 29.0 Å². The van der Waals surface area contributed by atoms with E-state index in [0.29, 0.717) is 12.3 Å². The molecule has 0 spiro atoms. The molecule has 0 saturated carbocycles. The van der Waals surface area contributed by atoms with Crippen LogP contribution in [0.5, 0.6) is 5.75 Å². The molecule has 160 valence electrons. The van der Waals surface area contributed by atoms with E-state index < -0.39 is 0 Å². The SMILES string of the molecule is CC1CN(c2ccc(CNC(=O)COc3ccc(CC(N)=O)cc3)cn2)CC(C)O1. The van der Waals surface area contributed by atoms with E-state index in [1.54, 1.807) is 30.5 Å². The van der Waals surface area contributed by atoms with Crippen LogP contribution in [-0.2, 0) is 27.3 Å². The zero-order chi connectivity index (χ0) is 21.5. The summed E-state index contributed by atoms with van der Waals surface area (Å²) in [5, 5.41) is 2.82. The van der Waals surface area contributed by atoms with Crippen molar-refractivity contribution in [1.82, 2.24) is 10.3 Å². The molecular formula is C22H28N4O4. The number of pyridine rings is 1. The topological polar surface area (TPSA) is 107 Å². The second-order valence-electron chi connectivity index (χ2n) is 7.54. The summed E-state index contributed by atoms with van der Waals surface area (Å²) in [5.41, 5.74) is 6.88. The summed E-state index contributed by atoms with van der Waals surface area (Å²) in [7, 11) is 0. The minimum absolute atomic E-state index is 0.0930. The van der Waals surface area contributed by atoms with Crippen molar-refractivity contribution in [2.45, 2.75) is 39.0 Å². The lowest BCUT2D eigenvalue weighted by atomic mass is 10.1. The highest BCUT2D eigenvalue weighted by molar-refractivity contribution is 5.77. The van der Waals surface area contributed by atoms with E-state index in [4.69, 9.17) is 15.2 Å². The molecule has 1 aromatic carbocycles. The second-order valence-corrected chi connectivity index (χ2v) is 7.54. The fourth-order valence-corrected chi connectivity index (χ4v) is 3.38. The van der Waals surface area contributed by atoms with Crippen LogP contribution in [0.25, 0.3) is 0 Å². The fraction of sp³-hybridized carbons (Fsp3) is 0.409. The Morgan fingerprint density at radius 1 is 1.13 bits per heavy atom. The summed E-state index contributed by atoms with van der Waals surface area (Å²) in [6, 6.07) is 10.9. The summed E-state index contributed by atoms with van der Waals surface area (Å²) < 4.78 is 11.2. The molecule has 30 heavy (non-hydrogen) atoms. The molecule has 0 bridgehead atoms. The van der Waals surface area contributed by atoms with Crippen LogP contribution in [0.1, 0.15) is 25.0 Å². The number of ether oxygens (including phenoxy) is 2. The Morgan fingerprint density at radius 2 is 1.80 bits per heavy atom. The number of morpholine rings is 1. The van der Waals surface area contributed by atoms with Gasteiger partial charge in [0, 0.05) is 25.8 Å². The number of rotatable bonds is 8. The van der Waals surface area contributed by atoms with Gasteiger partial charge in [-0.25, -0.2) is 4.98 Å². The maximum atomic E-state index is 12.0. The van der Waals surface area contributed by atoms with Crippen molar-refractivity contribution in [2.75, 3.05) is 24.6 Å². The monoisotopic (exact) mass is 412 g/mol. The number of nitrogens with two attached hydrogens (primary N) is 1. The third-order valence-electron chi connectivity index (χ3n) is 4.71. The Kier molecular flexibility index (Phi) is 7.24. The number of benzene rings is 1. The quantitative estimate of drug-likeness (QED) is 0.679. The van der Waals surface area contributed by atoms with Gasteiger partial charge >= 0.3 is 0 Å². The molecule has 0 radical (unpaired) electrons. The Morgan fingerprint density at radius 3 is 2.40 bits per heavy atom. The lowest BCUT2D eigenvalue weighted by molar-refractivity contribution is -0.123. The smallest absolute Gasteiger partial charge is 0.258 e. The summed E-state index contributed by atoms with van der Waals surface area (Å²) in [5.74, 6) is 0.851. The number of hydrogen-bond donors (Lipinski definition) is 2. The summed E-state index contributed by atoms with van der Waals surface area (Å²) in [6.45, 7) is 6.03. The molecule has 2 aromatic rings. The molecule has 1 aliphatic heterocycles. The molecular weight excluding hydrogens is 384 g/mol. The molecule has 2 unspecified atom stereocenters. The number of nitrogens with one attached hydrogen (secondary N) is 1. The van der Waals surface area contributed by atoms with E-state index in [1.165, 1.54) is 0 Å². The second kappa shape index (κ2) is 10.1. The number of anilines is 1. The number of carbonyl (C=O) groups is 2. The van der Waals surface area contributed by atoms with Crippen molar-refractivity contribution in [3.05, 3.63) is 53.7 Å². The van der Waals surface area contributed by atoms with Crippen molar-refractivity contribution < 1.29 is 19.1 Å².